The first-order valence-corrected chi connectivity index (χ1v) is 14.3. The fraction of sp³-hybridized carbons (Fsp3) is 0.194. The maximum absolute atomic E-state index is 13.2. The van der Waals surface area contributed by atoms with E-state index in [0.717, 1.165) is 42.0 Å². The number of nitrogens with one attached hydrogen (secondary N) is 1. The number of hydrogen-bond acceptors (Lipinski definition) is 4. The van der Waals surface area contributed by atoms with Gasteiger partial charge < -0.3 is 9.73 Å². The average molecular weight is 525 g/mol. The fourth-order valence-electron chi connectivity index (χ4n) is 5.15. The summed E-state index contributed by atoms with van der Waals surface area (Å²) < 4.78 is 33.7. The van der Waals surface area contributed by atoms with Crippen LogP contribution < -0.4 is 5.32 Å². The summed E-state index contributed by atoms with van der Waals surface area (Å²) in [4.78, 5) is 13.5. The molecule has 1 fully saturated rings. The van der Waals surface area contributed by atoms with Crippen LogP contribution in [0.4, 0.5) is 5.69 Å². The third-order valence-electron chi connectivity index (χ3n) is 7.19. The smallest absolute Gasteiger partial charge is 0.255 e. The van der Waals surface area contributed by atoms with Gasteiger partial charge in [-0.3, -0.25) is 4.79 Å². The zero-order valence-corrected chi connectivity index (χ0v) is 21.7. The SMILES string of the molecule is O=C(Nc1ccc2c(c1)oc1ccc(S(=O)(=O)N3CCCC3)cc12)c1ccccc1CCc1ccccc1. The molecule has 1 amide bonds. The highest BCUT2D eigenvalue weighted by molar-refractivity contribution is 7.89. The lowest BCUT2D eigenvalue weighted by atomic mass is 9.99. The summed E-state index contributed by atoms with van der Waals surface area (Å²) >= 11 is 0. The van der Waals surface area contributed by atoms with Crippen molar-refractivity contribution in [1.82, 2.24) is 4.31 Å². The molecule has 1 saturated heterocycles. The Balaban J connectivity index is 1.24. The minimum atomic E-state index is -3.52. The van der Waals surface area contributed by atoms with Crippen molar-refractivity contribution >= 4 is 43.6 Å². The number of nitrogens with zero attached hydrogens (tertiary/aromatic N) is 1. The van der Waals surface area contributed by atoms with Gasteiger partial charge in [0, 0.05) is 41.2 Å². The standard InChI is InChI=1S/C31H28N2O4S/c34-31(26-11-5-4-10-23(26)13-12-22-8-2-1-3-9-22)32-24-14-16-27-28-21-25(15-17-29(28)37-30(27)20-24)38(35,36)33-18-6-7-19-33/h1-5,8-11,14-17,20-21H,6-7,12-13,18-19H2,(H,32,34). The molecular formula is C31H28N2O4S. The second kappa shape index (κ2) is 10.1. The van der Waals surface area contributed by atoms with Crippen molar-refractivity contribution in [2.24, 2.45) is 0 Å². The van der Waals surface area contributed by atoms with Gasteiger partial charge >= 0.3 is 0 Å². The van der Waals surface area contributed by atoms with Crippen molar-refractivity contribution in [3.05, 3.63) is 108 Å². The quantitative estimate of drug-likeness (QED) is 0.267. The van der Waals surface area contributed by atoms with Crippen molar-refractivity contribution in [3.63, 3.8) is 0 Å². The van der Waals surface area contributed by atoms with Gasteiger partial charge in [-0.2, -0.15) is 4.31 Å². The zero-order valence-electron chi connectivity index (χ0n) is 20.9. The summed E-state index contributed by atoms with van der Waals surface area (Å²) in [5.74, 6) is -0.178. The van der Waals surface area contributed by atoms with Crippen LogP contribution in [0, 0.1) is 0 Å². The van der Waals surface area contributed by atoms with Crippen LogP contribution in [0.2, 0.25) is 0 Å². The fourth-order valence-corrected chi connectivity index (χ4v) is 6.70. The monoisotopic (exact) mass is 524 g/mol. The van der Waals surface area contributed by atoms with E-state index in [0.29, 0.717) is 35.5 Å². The summed E-state index contributed by atoms with van der Waals surface area (Å²) in [7, 11) is -3.52. The van der Waals surface area contributed by atoms with Crippen molar-refractivity contribution in [1.29, 1.82) is 0 Å². The van der Waals surface area contributed by atoms with Crippen molar-refractivity contribution in [2.45, 2.75) is 30.6 Å². The molecule has 0 atom stereocenters. The molecule has 1 aromatic heterocycles. The molecule has 6 nitrogen and oxygen atoms in total. The van der Waals surface area contributed by atoms with E-state index in [4.69, 9.17) is 4.42 Å². The second-order valence-corrected chi connectivity index (χ2v) is 11.6. The van der Waals surface area contributed by atoms with E-state index < -0.39 is 10.0 Å². The number of carbonyl (C=O) groups excluding carboxylic acids is 1. The first-order valence-electron chi connectivity index (χ1n) is 12.9. The number of hydrogen-bond donors (Lipinski definition) is 1. The van der Waals surface area contributed by atoms with E-state index in [2.05, 4.69) is 17.4 Å². The number of rotatable bonds is 7. The third kappa shape index (κ3) is 4.71. The molecule has 38 heavy (non-hydrogen) atoms. The molecule has 1 aliphatic rings. The summed E-state index contributed by atoms with van der Waals surface area (Å²) in [5, 5.41) is 4.55. The maximum Gasteiger partial charge on any atom is 0.255 e. The van der Waals surface area contributed by atoms with E-state index in [1.54, 1.807) is 28.6 Å². The van der Waals surface area contributed by atoms with Crippen LogP contribution in [0.3, 0.4) is 0 Å². The number of benzene rings is 4. The van der Waals surface area contributed by atoms with Gasteiger partial charge in [0.2, 0.25) is 10.0 Å². The van der Waals surface area contributed by atoms with E-state index in [-0.39, 0.29) is 10.8 Å². The largest absolute Gasteiger partial charge is 0.456 e. The minimum Gasteiger partial charge on any atom is -0.456 e. The van der Waals surface area contributed by atoms with E-state index in [1.807, 2.05) is 54.6 Å². The Morgan fingerprint density at radius 2 is 1.55 bits per heavy atom. The topological polar surface area (TPSA) is 79.6 Å². The van der Waals surface area contributed by atoms with Crippen LogP contribution in [0.1, 0.15) is 34.3 Å². The Hall–Kier alpha value is -3.94. The van der Waals surface area contributed by atoms with E-state index in [1.165, 1.54) is 5.56 Å². The van der Waals surface area contributed by atoms with Gasteiger partial charge in [-0.1, -0.05) is 48.5 Å². The number of furan rings is 1. The zero-order chi connectivity index (χ0) is 26.1. The molecule has 7 heteroatoms. The Morgan fingerprint density at radius 3 is 2.37 bits per heavy atom. The first-order chi connectivity index (χ1) is 18.5. The molecule has 0 saturated carbocycles. The van der Waals surface area contributed by atoms with Crippen LogP contribution in [0.15, 0.2) is 100 Å². The van der Waals surface area contributed by atoms with Gasteiger partial charge in [0.15, 0.2) is 0 Å². The number of amides is 1. The van der Waals surface area contributed by atoms with Crippen molar-refractivity contribution in [3.8, 4) is 0 Å². The van der Waals surface area contributed by atoms with Crippen molar-refractivity contribution in [2.75, 3.05) is 18.4 Å². The molecule has 1 aliphatic heterocycles. The lowest BCUT2D eigenvalue weighted by Gasteiger charge is -2.15. The molecule has 0 bridgehead atoms. The molecular weight excluding hydrogens is 496 g/mol. The molecule has 0 aliphatic carbocycles. The summed E-state index contributed by atoms with van der Waals surface area (Å²) in [6, 6.07) is 28.4. The van der Waals surface area contributed by atoms with Gasteiger partial charge in [0.1, 0.15) is 11.2 Å². The van der Waals surface area contributed by atoms with Gasteiger partial charge in [-0.05, 0) is 73.2 Å². The van der Waals surface area contributed by atoms with Crippen LogP contribution in [-0.4, -0.2) is 31.7 Å². The maximum atomic E-state index is 13.2. The molecule has 2 heterocycles. The normalized spacial score (nSPS) is 14.3. The van der Waals surface area contributed by atoms with Crippen LogP contribution in [0.5, 0.6) is 0 Å². The van der Waals surface area contributed by atoms with E-state index >= 15 is 0 Å². The number of fused-ring (bicyclic) bond motifs is 3. The Bertz CT molecular complexity index is 1740. The molecule has 0 unspecified atom stereocenters. The molecule has 192 valence electrons. The number of carbonyl (C=O) groups is 1. The third-order valence-corrected chi connectivity index (χ3v) is 9.09. The minimum absolute atomic E-state index is 0.178. The molecule has 5 aromatic rings. The number of aryl methyl sites for hydroxylation is 2. The predicted octanol–water partition coefficient (Wildman–Crippen LogP) is 6.41. The Morgan fingerprint density at radius 1 is 0.789 bits per heavy atom. The molecule has 0 spiro atoms. The Kier molecular flexibility index (Phi) is 6.47. The first kappa shape index (κ1) is 24.4. The summed E-state index contributed by atoms with van der Waals surface area (Å²) in [5.41, 5.74) is 4.68. The molecule has 4 aromatic carbocycles. The number of anilines is 1. The predicted molar refractivity (Wildman–Crippen MR) is 150 cm³/mol. The summed E-state index contributed by atoms with van der Waals surface area (Å²) in [6.45, 7) is 1.12. The lowest BCUT2D eigenvalue weighted by molar-refractivity contribution is 0.102. The lowest BCUT2D eigenvalue weighted by Crippen LogP contribution is -2.27. The molecule has 6 rings (SSSR count). The van der Waals surface area contributed by atoms with Gasteiger partial charge in [0.05, 0.1) is 4.90 Å². The highest BCUT2D eigenvalue weighted by Gasteiger charge is 2.27. The Labute approximate surface area is 221 Å². The van der Waals surface area contributed by atoms with Crippen LogP contribution >= 0.6 is 0 Å². The van der Waals surface area contributed by atoms with Crippen LogP contribution in [0.25, 0.3) is 21.9 Å². The highest BCUT2D eigenvalue weighted by atomic mass is 32.2. The molecule has 0 radical (unpaired) electrons. The second-order valence-electron chi connectivity index (χ2n) is 9.68. The average Bonchev–Trinajstić information content (AvgIpc) is 3.61. The van der Waals surface area contributed by atoms with Gasteiger partial charge in [-0.15, -0.1) is 0 Å². The van der Waals surface area contributed by atoms with Crippen LogP contribution in [-0.2, 0) is 22.9 Å². The van der Waals surface area contributed by atoms with Gasteiger partial charge in [-0.25, -0.2) is 8.42 Å². The highest BCUT2D eigenvalue weighted by Crippen LogP contribution is 2.33. The van der Waals surface area contributed by atoms with E-state index in [9.17, 15) is 13.2 Å². The van der Waals surface area contributed by atoms with Crippen molar-refractivity contribution < 1.29 is 17.6 Å². The molecule has 1 N–H and O–H groups in total. The van der Waals surface area contributed by atoms with Gasteiger partial charge in [0.25, 0.3) is 5.91 Å². The number of sulfonamides is 1. The summed E-state index contributed by atoms with van der Waals surface area (Å²) in [6.07, 6.45) is 3.40.